The monoisotopic (exact) mass is 265 g/mol. The van der Waals surface area contributed by atoms with Crippen LogP contribution in [-0.4, -0.2) is 6.61 Å². The maximum atomic E-state index is 13.1. The Hall–Kier alpha value is -1.39. The van der Waals surface area contributed by atoms with Gasteiger partial charge in [0.25, 0.3) is 0 Å². The highest BCUT2D eigenvalue weighted by atomic mass is 32.1. The Balaban J connectivity index is 2.00. The molecular formula is C14H16FNOS. The molecule has 0 fully saturated rings. The topological polar surface area (TPSA) is 35.2 Å². The highest BCUT2D eigenvalue weighted by Gasteiger charge is 2.09. The molecule has 4 heteroatoms. The third-order valence-corrected chi connectivity index (χ3v) is 3.42. The predicted molar refractivity (Wildman–Crippen MR) is 72.5 cm³/mol. The molecule has 0 saturated heterocycles. The summed E-state index contributed by atoms with van der Waals surface area (Å²) in [6.07, 6.45) is 0.846. The fourth-order valence-corrected chi connectivity index (χ4v) is 2.42. The van der Waals surface area contributed by atoms with Crippen LogP contribution in [0.3, 0.4) is 0 Å². The maximum absolute atomic E-state index is 13.1. The van der Waals surface area contributed by atoms with Gasteiger partial charge in [0, 0.05) is 18.0 Å². The van der Waals surface area contributed by atoms with E-state index in [1.165, 1.54) is 17.7 Å². The van der Waals surface area contributed by atoms with Crippen molar-refractivity contribution in [1.29, 1.82) is 0 Å². The van der Waals surface area contributed by atoms with Crippen LogP contribution in [0, 0.1) is 5.82 Å². The summed E-state index contributed by atoms with van der Waals surface area (Å²) in [5.41, 5.74) is 7.77. The molecule has 1 heterocycles. The molecule has 18 heavy (non-hydrogen) atoms. The fraction of sp³-hybridized carbons (Fsp3) is 0.286. The van der Waals surface area contributed by atoms with Gasteiger partial charge >= 0.3 is 0 Å². The van der Waals surface area contributed by atoms with Gasteiger partial charge in [-0.3, -0.25) is 0 Å². The Bertz CT molecular complexity index is 497. The van der Waals surface area contributed by atoms with Gasteiger partial charge in [0.05, 0.1) is 6.61 Å². The molecule has 96 valence electrons. The van der Waals surface area contributed by atoms with E-state index in [2.05, 4.69) is 11.4 Å². The van der Waals surface area contributed by atoms with Crippen LogP contribution in [0.5, 0.6) is 5.75 Å². The summed E-state index contributed by atoms with van der Waals surface area (Å²) in [6, 6.07) is 6.31. The van der Waals surface area contributed by atoms with Gasteiger partial charge in [-0.05, 0) is 47.5 Å². The number of rotatable bonds is 5. The first-order chi connectivity index (χ1) is 8.66. The van der Waals surface area contributed by atoms with E-state index in [0.717, 1.165) is 6.42 Å². The molecule has 1 aromatic carbocycles. The van der Waals surface area contributed by atoms with Crippen molar-refractivity contribution in [3.05, 3.63) is 52.0 Å². The van der Waals surface area contributed by atoms with Crippen molar-refractivity contribution in [2.45, 2.75) is 19.4 Å². The number of benzene rings is 1. The molecule has 0 amide bonds. The van der Waals surface area contributed by atoms with Gasteiger partial charge in [0.1, 0.15) is 11.6 Å². The van der Waals surface area contributed by atoms with Crippen LogP contribution in [0.15, 0.2) is 35.0 Å². The second-order valence-electron chi connectivity index (χ2n) is 4.20. The Kier molecular flexibility index (Phi) is 4.33. The normalized spacial score (nSPS) is 12.4. The number of halogens is 1. The number of thiophene rings is 1. The minimum absolute atomic E-state index is 0.239. The van der Waals surface area contributed by atoms with Crippen molar-refractivity contribution >= 4 is 11.3 Å². The lowest BCUT2D eigenvalue weighted by molar-refractivity contribution is 0.316. The molecule has 1 atom stereocenters. The minimum Gasteiger partial charge on any atom is -0.493 e. The first-order valence-corrected chi connectivity index (χ1v) is 6.80. The summed E-state index contributed by atoms with van der Waals surface area (Å²) in [6.45, 7) is 2.39. The zero-order chi connectivity index (χ0) is 13.0. The smallest absolute Gasteiger partial charge is 0.124 e. The second-order valence-corrected chi connectivity index (χ2v) is 4.98. The van der Waals surface area contributed by atoms with Crippen molar-refractivity contribution in [3.8, 4) is 5.75 Å². The fourth-order valence-electron chi connectivity index (χ4n) is 1.72. The third kappa shape index (κ3) is 3.31. The molecule has 0 aliphatic heterocycles. The molecule has 2 aromatic rings. The van der Waals surface area contributed by atoms with E-state index >= 15 is 0 Å². The second kappa shape index (κ2) is 5.98. The molecule has 0 aliphatic rings. The van der Waals surface area contributed by atoms with Crippen LogP contribution >= 0.6 is 11.3 Å². The van der Waals surface area contributed by atoms with E-state index < -0.39 is 0 Å². The standard InChI is InChI=1S/C14H16FNOS/c1-10(16)13-8-12(15)2-3-14(13)17-6-4-11-5-7-18-9-11/h2-3,5,7-10H,4,6,16H2,1H3/t10-/m1/s1. The summed E-state index contributed by atoms with van der Waals surface area (Å²) in [5.74, 6) is 0.383. The Labute approximate surface area is 110 Å². The zero-order valence-corrected chi connectivity index (χ0v) is 11.0. The van der Waals surface area contributed by atoms with E-state index in [4.69, 9.17) is 10.5 Å². The summed E-state index contributed by atoms with van der Waals surface area (Å²) < 4.78 is 18.8. The molecule has 0 aliphatic carbocycles. The van der Waals surface area contributed by atoms with Crippen molar-refractivity contribution in [2.24, 2.45) is 5.73 Å². The molecular weight excluding hydrogens is 249 g/mol. The predicted octanol–water partition coefficient (Wildman–Crippen LogP) is 3.53. The maximum Gasteiger partial charge on any atom is 0.124 e. The number of nitrogens with two attached hydrogens (primary N) is 1. The number of hydrogen-bond donors (Lipinski definition) is 1. The lowest BCUT2D eigenvalue weighted by Crippen LogP contribution is -2.10. The van der Waals surface area contributed by atoms with E-state index in [9.17, 15) is 4.39 Å². The van der Waals surface area contributed by atoms with E-state index in [-0.39, 0.29) is 11.9 Å². The summed E-state index contributed by atoms with van der Waals surface area (Å²) >= 11 is 1.67. The number of hydrogen-bond acceptors (Lipinski definition) is 3. The first kappa shape index (κ1) is 13.1. The van der Waals surface area contributed by atoms with Crippen molar-refractivity contribution in [2.75, 3.05) is 6.61 Å². The van der Waals surface area contributed by atoms with Gasteiger partial charge in [0.2, 0.25) is 0 Å². The van der Waals surface area contributed by atoms with Gasteiger partial charge in [-0.2, -0.15) is 11.3 Å². The van der Waals surface area contributed by atoms with E-state index in [1.54, 1.807) is 17.4 Å². The van der Waals surface area contributed by atoms with Crippen LogP contribution < -0.4 is 10.5 Å². The lowest BCUT2D eigenvalue weighted by Gasteiger charge is -2.13. The molecule has 0 saturated carbocycles. The molecule has 0 spiro atoms. The molecule has 2 N–H and O–H groups in total. The minimum atomic E-state index is -0.285. The van der Waals surface area contributed by atoms with Crippen molar-refractivity contribution in [3.63, 3.8) is 0 Å². The van der Waals surface area contributed by atoms with Crippen LogP contribution in [0.1, 0.15) is 24.1 Å². The third-order valence-electron chi connectivity index (χ3n) is 2.69. The molecule has 2 rings (SSSR count). The summed E-state index contributed by atoms with van der Waals surface area (Å²) in [5, 5.41) is 4.14. The van der Waals surface area contributed by atoms with Gasteiger partial charge in [-0.1, -0.05) is 0 Å². The highest BCUT2D eigenvalue weighted by molar-refractivity contribution is 7.07. The van der Waals surface area contributed by atoms with Gasteiger partial charge in [-0.15, -0.1) is 0 Å². The Morgan fingerprint density at radius 2 is 2.22 bits per heavy atom. The summed E-state index contributed by atoms with van der Waals surface area (Å²) in [4.78, 5) is 0. The van der Waals surface area contributed by atoms with Crippen LogP contribution in [0.4, 0.5) is 4.39 Å². The average molecular weight is 265 g/mol. The van der Waals surface area contributed by atoms with Crippen LogP contribution in [0.2, 0.25) is 0 Å². The molecule has 0 bridgehead atoms. The molecule has 1 aromatic heterocycles. The zero-order valence-electron chi connectivity index (χ0n) is 10.2. The Morgan fingerprint density at radius 3 is 2.89 bits per heavy atom. The SMILES string of the molecule is C[C@@H](N)c1cc(F)ccc1OCCc1ccsc1. The van der Waals surface area contributed by atoms with E-state index in [1.807, 2.05) is 12.3 Å². The van der Waals surface area contributed by atoms with Crippen LogP contribution in [-0.2, 0) is 6.42 Å². The lowest BCUT2D eigenvalue weighted by atomic mass is 10.1. The molecule has 2 nitrogen and oxygen atoms in total. The van der Waals surface area contributed by atoms with Crippen LogP contribution in [0.25, 0.3) is 0 Å². The van der Waals surface area contributed by atoms with Gasteiger partial charge in [-0.25, -0.2) is 4.39 Å². The Morgan fingerprint density at radius 1 is 1.39 bits per heavy atom. The largest absolute Gasteiger partial charge is 0.493 e. The van der Waals surface area contributed by atoms with Gasteiger partial charge in [0.15, 0.2) is 0 Å². The highest BCUT2D eigenvalue weighted by Crippen LogP contribution is 2.24. The van der Waals surface area contributed by atoms with Gasteiger partial charge < -0.3 is 10.5 Å². The van der Waals surface area contributed by atoms with Crippen molar-refractivity contribution in [1.82, 2.24) is 0 Å². The number of ether oxygens (including phenoxy) is 1. The van der Waals surface area contributed by atoms with E-state index in [0.29, 0.717) is 17.9 Å². The first-order valence-electron chi connectivity index (χ1n) is 5.85. The molecule has 0 radical (unpaired) electrons. The van der Waals surface area contributed by atoms with Crippen molar-refractivity contribution < 1.29 is 9.13 Å². The average Bonchev–Trinajstić information content (AvgIpc) is 2.84. The molecule has 0 unspecified atom stereocenters. The quantitative estimate of drug-likeness (QED) is 0.897. The summed E-state index contributed by atoms with van der Waals surface area (Å²) in [7, 11) is 0.